The van der Waals surface area contributed by atoms with Crippen molar-refractivity contribution in [3.63, 3.8) is 0 Å². The van der Waals surface area contributed by atoms with Gasteiger partial charge in [0, 0.05) is 18.0 Å². The minimum absolute atomic E-state index is 0.0347. The second-order valence-electron chi connectivity index (χ2n) is 10.4. The van der Waals surface area contributed by atoms with Gasteiger partial charge in [-0.25, -0.2) is 13.1 Å². The number of benzene rings is 3. The Morgan fingerprint density at radius 3 is 2.28 bits per heavy atom. The number of nitrogens with one attached hydrogen (secondary N) is 1. The van der Waals surface area contributed by atoms with Crippen LogP contribution in [0.4, 0.5) is 5.82 Å². The van der Waals surface area contributed by atoms with Gasteiger partial charge in [0.05, 0.1) is 29.9 Å². The number of aryl methyl sites for hydroxylation is 1. The van der Waals surface area contributed by atoms with E-state index in [2.05, 4.69) is 5.32 Å². The Morgan fingerprint density at radius 1 is 0.974 bits per heavy atom. The van der Waals surface area contributed by atoms with E-state index in [9.17, 15) is 13.2 Å². The lowest BCUT2D eigenvalue weighted by Gasteiger charge is -2.22. The summed E-state index contributed by atoms with van der Waals surface area (Å²) in [6, 6.07) is 25.0. The fourth-order valence-corrected chi connectivity index (χ4v) is 5.43. The molecular weight excluding hydrogens is 512 g/mol. The summed E-state index contributed by atoms with van der Waals surface area (Å²) in [7, 11) is -2.49. The van der Waals surface area contributed by atoms with Crippen molar-refractivity contribution in [1.82, 2.24) is 14.1 Å². The van der Waals surface area contributed by atoms with E-state index in [0.717, 1.165) is 22.5 Å². The number of amides is 1. The van der Waals surface area contributed by atoms with Gasteiger partial charge in [-0.1, -0.05) is 63.2 Å². The number of carbonyl (C=O) groups is 1. The Morgan fingerprint density at radius 2 is 1.67 bits per heavy atom. The third kappa shape index (κ3) is 6.74. The molecule has 4 rings (SSSR count). The minimum Gasteiger partial charge on any atom is -0.497 e. The first kappa shape index (κ1) is 28.1. The summed E-state index contributed by atoms with van der Waals surface area (Å²) in [5.74, 6) is 0.537. The number of carbonyl (C=O) groups excluding carboxylic acids is 1. The van der Waals surface area contributed by atoms with Crippen LogP contribution in [0.1, 0.15) is 37.6 Å². The van der Waals surface area contributed by atoms with Crippen LogP contribution in [0.25, 0.3) is 5.69 Å². The molecule has 1 aromatic heterocycles. The van der Waals surface area contributed by atoms with E-state index < -0.39 is 15.9 Å². The number of ether oxygens (including phenoxy) is 1. The fraction of sp³-hybridized carbons (Fsp3) is 0.267. The molecule has 204 valence electrons. The number of anilines is 1. The van der Waals surface area contributed by atoms with Crippen LogP contribution in [-0.4, -0.2) is 42.1 Å². The Hall–Kier alpha value is -3.95. The maximum atomic E-state index is 13.7. The molecular formula is C30H34N4O4S. The predicted octanol–water partition coefficient (Wildman–Crippen LogP) is 5.32. The molecule has 0 unspecified atom stereocenters. The van der Waals surface area contributed by atoms with E-state index in [0.29, 0.717) is 11.6 Å². The number of rotatable bonds is 9. The van der Waals surface area contributed by atoms with Crippen molar-refractivity contribution in [3.05, 3.63) is 102 Å². The Bertz CT molecular complexity index is 1540. The summed E-state index contributed by atoms with van der Waals surface area (Å²) < 4.78 is 35.4. The highest BCUT2D eigenvalue weighted by Gasteiger charge is 2.28. The SMILES string of the molecule is COc1ccc(S(=O)(=O)N(CC(=O)Nc2cc(C(C)(C)C)nn2-c2cccc(C)c2)Cc2ccccc2)cc1. The molecule has 0 aliphatic heterocycles. The van der Waals surface area contributed by atoms with Crippen molar-refractivity contribution in [3.8, 4) is 11.4 Å². The van der Waals surface area contributed by atoms with Crippen LogP contribution >= 0.6 is 0 Å². The first-order valence-corrected chi connectivity index (χ1v) is 14.1. The highest BCUT2D eigenvalue weighted by atomic mass is 32.2. The van der Waals surface area contributed by atoms with Crippen LogP contribution in [-0.2, 0) is 26.8 Å². The minimum atomic E-state index is -4.00. The van der Waals surface area contributed by atoms with Gasteiger partial charge in [0.1, 0.15) is 11.6 Å². The van der Waals surface area contributed by atoms with Crippen LogP contribution in [0.2, 0.25) is 0 Å². The highest BCUT2D eigenvalue weighted by molar-refractivity contribution is 7.89. The van der Waals surface area contributed by atoms with E-state index in [-0.39, 0.29) is 23.4 Å². The van der Waals surface area contributed by atoms with Crippen LogP contribution < -0.4 is 10.1 Å². The zero-order chi connectivity index (χ0) is 28.2. The molecule has 1 N–H and O–H groups in total. The third-order valence-corrected chi connectivity index (χ3v) is 8.02. The molecule has 0 aliphatic rings. The number of aromatic nitrogens is 2. The molecule has 9 heteroatoms. The number of hydrogen-bond donors (Lipinski definition) is 1. The van der Waals surface area contributed by atoms with Gasteiger partial charge in [-0.15, -0.1) is 0 Å². The molecule has 39 heavy (non-hydrogen) atoms. The molecule has 0 saturated carbocycles. The average molecular weight is 547 g/mol. The number of hydrogen-bond acceptors (Lipinski definition) is 5. The summed E-state index contributed by atoms with van der Waals surface area (Å²) >= 11 is 0. The smallest absolute Gasteiger partial charge is 0.243 e. The van der Waals surface area contributed by atoms with E-state index in [1.165, 1.54) is 23.5 Å². The van der Waals surface area contributed by atoms with E-state index in [4.69, 9.17) is 9.84 Å². The highest BCUT2D eigenvalue weighted by Crippen LogP contribution is 2.27. The predicted molar refractivity (Wildman–Crippen MR) is 153 cm³/mol. The molecule has 0 atom stereocenters. The molecule has 0 saturated heterocycles. The lowest BCUT2D eigenvalue weighted by atomic mass is 9.92. The lowest BCUT2D eigenvalue weighted by Crippen LogP contribution is -2.37. The van der Waals surface area contributed by atoms with Gasteiger partial charge in [-0.3, -0.25) is 4.79 Å². The molecule has 4 aromatic rings. The lowest BCUT2D eigenvalue weighted by molar-refractivity contribution is -0.116. The molecule has 3 aromatic carbocycles. The maximum Gasteiger partial charge on any atom is 0.243 e. The molecule has 0 aliphatic carbocycles. The Balaban J connectivity index is 1.66. The summed E-state index contributed by atoms with van der Waals surface area (Å²) in [4.78, 5) is 13.5. The Labute approximate surface area is 230 Å². The van der Waals surface area contributed by atoms with Gasteiger partial charge < -0.3 is 10.1 Å². The topological polar surface area (TPSA) is 93.5 Å². The van der Waals surface area contributed by atoms with Crippen LogP contribution in [0, 0.1) is 6.92 Å². The fourth-order valence-electron chi connectivity index (χ4n) is 4.05. The van der Waals surface area contributed by atoms with Gasteiger partial charge in [-0.05, 0) is 54.4 Å². The summed E-state index contributed by atoms with van der Waals surface area (Å²) in [5, 5.41) is 7.68. The molecule has 1 amide bonds. The summed E-state index contributed by atoms with van der Waals surface area (Å²) in [6.45, 7) is 7.78. The van der Waals surface area contributed by atoms with Gasteiger partial charge in [0.2, 0.25) is 15.9 Å². The Kier molecular flexibility index (Phi) is 8.22. The zero-order valence-corrected chi connectivity index (χ0v) is 23.7. The molecule has 1 heterocycles. The van der Waals surface area contributed by atoms with Crippen LogP contribution in [0.5, 0.6) is 5.75 Å². The molecule has 8 nitrogen and oxygen atoms in total. The van der Waals surface area contributed by atoms with Gasteiger partial charge >= 0.3 is 0 Å². The van der Waals surface area contributed by atoms with Crippen molar-refractivity contribution in [2.75, 3.05) is 19.0 Å². The van der Waals surface area contributed by atoms with Crippen molar-refractivity contribution >= 4 is 21.7 Å². The quantitative estimate of drug-likeness (QED) is 0.307. The van der Waals surface area contributed by atoms with Gasteiger partial charge in [0.25, 0.3) is 0 Å². The standard InChI is InChI=1S/C30H34N4O4S/c1-22-10-9-13-24(18-22)34-28(19-27(32-34)30(2,3)4)31-29(35)21-33(20-23-11-7-6-8-12-23)39(36,37)26-16-14-25(38-5)15-17-26/h6-19H,20-21H2,1-5H3,(H,31,35). The third-order valence-electron chi connectivity index (χ3n) is 6.21. The second-order valence-corrected chi connectivity index (χ2v) is 12.3. The summed E-state index contributed by atoms with van der Waals surface area (Å²) in [6.07, 6.45) is 0. The zero-order valence-electron chi connectivity index (χ0n) is 22.9. The van der Waals surface area contributed by atoms with E-state index >= 15 is 0 Å². The molecule has 0 fully saturated rings. The normalized spacial score (nSPS) is 11.9. The molecule has 0 spiro atoms. The number of nitrogens with zero attached hydrogens (tertiary/aromatic N) is 3. The monoisotopic (exact) mass is 546 g/mol. The van der Waals surface area contributed by atoms with Crippen LogP contribution in [0.15, 0.2) is 89.8 Å². The summed E-state index contributed by atoms with van der Waals surface area (Å²) in [5.41, 5.74) is 3.16. The van der Waals surface area contributed by atoms with Crippen molar-refractivity contribution in [1.29, 1.82) is 0 Å². The average Bonchev–Trinajstić information content (AvgIpc) is 3.33. The second kappa shape index (κ2) is 11.4. The molecule has 0 radical (unpaired) electrons. The number of sulfonamides is 1. The van der Waals surface area contributed by atoms with E-state index in [1.807, 2.05) is 88.4 Å². The van der Waals surface area contributed by atoms with Crippen LogP contribution in [0.3, 0.4) is 0 Å². The number of methoxy groups -OCH3 is 1. The van der Waals surface area contributed by atoms with E-state index in [1.54, 1.807) is 16.8 Å². The van der Waals surface area contributed by atoms with Crippen molar-refractivity contribution in [2.24, 2.45) is 0 Å². The first-order valence-electron chi connectivity index (χ1n) is 12.6. The maximum absolute atomic E-state index is 13.7. The van der Waals surface area contributed by atoms with Crippen molar-refractivity contribution in [2.45, 2.75) is 44.6 Å². The molecule has 0 bridgehead atoms. The van der Waals surface area contributed by atoms with Crippen molar-refractivity contribution < 1.29 is 17.9 Å². The first-order chi connectivity index (χ1) is 18.5. The van der Waals surface area contributed by atoms with Gasteiger partial charge in [0.15, 0.2) is 0 Å². The van der Waals surface area contributed by atoms with Gasteiger partial charge in [-0.2, -0.15) is 9.40 Å². The largest absolute Gasteiger partial charge is 0.497 e.